The quantitative estimate of drug-likeness (QED) is 0.688. The Hall–Kier alpha value is -2.30. The number of hydrogen-bond acceptors (Lipinski definition) is 3. The number of carbonyl (C=O) groups excluding carboxylic acids is 1. The van der Waals surface area contributed by atoms with E-state index in [0.717, 1.165) is 11.3 Å². The van der Waals surface area contributed by atoms with Gasteiger partial charge >= 0.3 is 0 Å². The van der Waals surface area contributed by atoms with Gasteiger partial charge in [-0.1, -0.05) is 12.1 Å². The average molecular weight is 230 g/mol. The Bertz CT molecular complexity index is 539. The summed E-state index contributed by atoms with van der Waals surface area (Å²) in [5.41, 5.74) is 8.48. The molecule has 0 saturated carbocycles. The van der Waals surface area contributed by atoms with Crippen LogP contribution in [0.1, 0.15) is 21.6 Å². The molecule has 17 heavy (non-hydrogen) atoms. The van der Waals surface area contributed by atoms with Gasteiger partial charge in [-0.3, -0.25) is 9.89 Å². The number of H-pyrrole nitrogens is 1. The molecule has 2 aromatic rings. The van der Waals surface area contributed by atoms with Gasteiger partial charge in [0.25, 0.3) is 5.91 Å². The molecule has 0 aliphatic carbocycles. The minimum Gasteiger partial charge on any atom is -0.398 e. The second kappa shape index (κ2) is 4.29. The van der Waals surface area contributed by atoms with E-state index in [1.165, 1.54) is 0 Å². The maximum Gasteiger partial charge on any atom is 0.259 e. The maximum absolute atomic E-state index is 12.0. The van der Waals surface area contributed by atoms with Crippen LogP contribution in [0.5, 0.6) is 0 Å². The number of aryl methyl sites for hydroxylation is 2. The van der Waals surface area contributed by atoms with Crippen LogP contribution in [0.25, 0.3) is 0 Å². The molecule has 1 heterocycles. The van der Waals surface area contributed by atoms with Gasteiger partial charge in [0.2, 0.25) is 0 Å². The number of benzene rings is 1. The third-order valence-electron chi connectivity index (χ3n) is 2.48. The molecular formula is C12H14N4O. The lowest BCUT2D eigenvalue weighted by Gasteiger charge is -2.08. The van der Waals surface area contributed by atoms with E-state index in [0.29, 0.717) is 17.1 Å². The Balaban J connectivity index is 2.26. The van der Waals surface area contributed by atoms with Crippen molar-refractivity contribution in [1.29, 1.82) is 0 Å². The number of nitrogens with zero attached hydrogens (tertiary/aromatic N) is 1. The van der Waals surface area contributed by atoms with E-state index in [2.05, 4.69) is 15.5 Å². The van der Waals surface area contributed by atoms with E-state index >= 15 is 0 Å². The molecule has 2 rings (SSSR count). The van der Waals surface area contributed by atoms with Crippen LogP contribution >= 0.6 is 0 Å². The molecule has 88 valence electrons. The highest BCUT2D eigenvalue weighted by molar-refractivity contribution is 6.08. The highest BCUT2D eigenvalue weighted by Crippen LogP contribution is 2.17. The zero-order valence-corrected chi connectivity index (χ0v) is 9.74. The summed E-state index contributed by atoms with van der Waals surface area (Å²) in [6.07, 6.45) is 0. The Morgan fingerprint density at radius 1 is 1.41 bits per heavy atom. The molecule has 0 saturated heterocycles. The average Bonchev–Trinajstić information content (AvgIpc) is 2.63. The van der Waals surface area contributed by atoms with E-state index < -0.39 is 0 Å². The van der Waals surface area contributed by atoms with E-state index in [1.807, 2.05) is 26.0 Å². The molecule has 0 bridgehead atoms. The second-order valence-electron chi connectivity index (χ2n) is 3.93. The van der Waals surface area contributed by atoms with Crippen LogP contribution in [-0.4, -0.2) is 16.1 Å². The fourth-order valence-electron chi connectivity index (χ4n) is 1.66. The largest absolute Gasteiger partial charge is 0.398 e. The van der Waals surface area contributed by atoms with Crippen molar-refractivity contribution < 1.29 is 4.79 Å². The van der Waals surface area contributed by atoms with Crippen molar-refractivity contribution in [3.63, 3.8) is 0 Å². The molecule has 1 aromatic heterocycles. The van der Waals surface area contributed by atoms with E-state index in [9.17, 15) is 4.79 Å². The van der Waals surface area contributed by atoms with Crippen LogP contribution in [0, 0.1) is 13.8 Å². The number of aromatic nitrogens is 2. The molecular weight excluding hydrogens is 216 g/mol. The third kappa shape index (κ3) is 2.28. The normalized spacial score (nSPS) is 10.2. The van der Waals surface area contributed by atoms with Crippen LogP contribution in [-0.2, 0) is 0 Å². The Labute approximate surface area is 99.0 Å². The van der Waals surface area contributed by atoms with Crippen LogP contribution in [0.3, 0.4) is 0 Å². The predicted octanol–water partition coefficient (Wildman–Crippen LogP) is 1.86. The number of anilines is 2. The lowest BCUT2D eigenvalue weighted by atomic mass is 10.1. The lowest BCUT2D eigenvalue weighted by Crippen LogP contribution is -2.15. The summed E-state index contributed by atoms with van der Waals surface area (Å²) < 4.78 is 0. The summed E-state index contributed by atoms with van der Waals surface area (Å²) in [5, 5.41) is 9.40. The molecule has 1 aromatic carbocycles. The molecule has 0 fully saturated rings. The summed E-state index contributed by atoms with van der Waals surface area (Å²) in [4.78, 5) is 12.0. The predicted molar refractivity (Wildman–Crippen MR) is 66.9 cm³/mol. The van der Waals surface area contributed by atoms with Gasteiger partial charge in [-0.25, -0.2) is 0 Å². The monoisotopic (exact) mass is 230 g/mol. The van der Waals surface area contributed by atoms with Crippen molar-refractivity contribution in [2.45, 2.75) is 13.8 Å². The molecule has 1 amide bonds. The Morgan fingerprint density at radius 2 is 2.18 bits per heavy atom. The number of nitrogens with two attached hydrogens (primary N) is 1. The van der Waals surface area contributed by atoms with Crippen molar-refractivity contribution in [2.75, 3.05) is 11.1 Å². The summed E-state index contributed by atoms with van der Waals surface area (Å²) in [7, 11) is 0. The SMILES string of the molecule is Cc1cc(NC(=O)c2c(C)cccc2N)n[nH]1. The molecule has 0 spiro atoms. The molecule has 5 heteroatoms. The number of amides is 1. The van der Waals surface area contributed by atoms with Crippen molar-refractivity contribution >= 4 is 17.4 Å². The van der Waals surface area contributed by atoms with Crippen LogP contribution in [0.15, 0.2) is 24.3 Å². The number of nitrogen functional groups attached to an aromatic ring is 1. The first-order chi connectivity index (χ1) is 8.08. The van der Waals surface area contributed by atoms with Gasteiger partial charge in [0, 0.05) is 17.4 Å². The molecule has 0 unspecified atom stereocenters. The number of aromatic amines is 1. The summed E-state index contributed by atoms with van der Waals surface area (Å²) in [6.45, 7) is 3.71. The summed E-state index contributed by atoms with van der Waals surface area (Å²) in [5.74, 6) is 0.252. The number of rotatable bonds is 2. The lowest BCUT2D eigenvalue weighted by molar-refractivity contribution is 0.102. The fourth-order valence-corrected chi connectivity index (χ4v) is 1.66. The number of nitrogens with one attached hydrogen (secondary N) is 2. The number of hydrogen-bond donors (Lipinski definition) is 3. The van der Waals surface area contributed by atoms with Crippen LogP contribution in [0.4, 0.5) is 11.5 Å². The zero-order valence-electron chi connectivity index (χ0n) is 9.74. The van der Waals surface area contributed by atoms with E-state index in [4.69, 9.17) is 5.73 Å². The fraction of sp³-hybridized carbons (Fsp3) is 0.167. The minimum atomic E-state index is -0.243. The first-order valence-corrected chi connectivity index (χ1v) is 5.26. The summed E-state index contributed by atoms with van der Waals surface area (Å²) >= 11 is 0. The third-order valence-corrected chi connectivity index (χ3v) is 2.48. The second-order valence-corrected chi connectivity index (χ2v) is 3.93. The van der Waals surface area contributed by atoms with Gasteiger partial charge in [0.15, 0.2) is 5.82 Å². The first-order valence-electron chi connectivity index (χ1n) is 5.26. The standard InChI is InChI=1S/C12H14N4O/c1-7-4-3-5-9(13)11(7)12(17)14-10-6-8(2)15-16-10/h3-6H,13H2,1-2H3,(H2,14,15,16,17). The minimum absolute atomic E-state index is 0.243. The molecule has 4 N–H and O–H groups in total. The van der Waals surface area contributed by atoms with Crippen molar-refractivity contribution in [1.82, 2.24) is 10.2 Å². The van der Waals surface area contributed by atoms with Crippen LogP contribution < -0.4 is 11.1 Å². The van der Waals surface area contributed by atoms with Gasteiger partial charge in [0.05, 0.1) is 5.56 Å². The topological polar surface area (TPSA) is 83.8 Å². The van der Waals surface area contributed by atoms with Gasteiger partial charge < -0.3 is 11.1 Å². The molecule has 0 atom stereocenters. The van der Waals surface area contributed by atoms with E-state index in [1.54, 1.807) is 12.1 Å². The van der Waals surface area contributed by atoms with Gasteiger partial charge in [-0.05, 0) is 25.5 Å². The molecule has 0 aliphatic rings. The summed E-state index contributed by atoms with van der Waals surface area (Å²) in [6, 6.07) is 7.13. The number of carbonyl (C=O) groups is 1. The zero-order chi connectivity index (χ0) is 12.4. The Kier molecular flexibility index (Phi) is 2.82. The smallest absolute Gasteiger partial charge is 0.259 e. The van der Waals surface area contributed by atoms with Crippen molar-refractivity contribution in [3.8, 4) is 0 Å². The van der Waals surface area contributed by atoms with E-state index in [-0.39, 0.29) is 5.91 Å². The molecule has 5 nitrogen and oxygen atoms in total. The highest BCUT2D eigenvalue weighted by Gasteiger charge is 2.13. The van der Waals surface area contributed by atoms with Crippen molar-refractivity contribution in [2.24, 2.45) is 0 Å². The molecule has 0 radical (unpaired) electrons. The van der Waals surface area contributed by atoms with Crippen molar-refractivity contribution in [3.05, 3.63) is 41.1 Å². The van der Waals surface area contributed by atoms with Gasteiger partial charge in [-0.15, -0.1) is 0 Å². The van der Waals surface area contributed by atoms with Gasteiger partial charge in [0.1, 0.15) is 0 Å². The maximum atomic E-state index is 12.0. The highest BCUT2D eigenvalue weighted by atomic mass is 16.1. The van der Waals surface area contributed by atoms with Crippen LogP contribution in [0.2, 0.25) is 0 Å². The Morgan fingerprint density at radius 3 is 2.76 bits per heavy atom. The molecule has 0 aliphatic heterocycles. The van der Waals surface area contributed by atoms with Gasteiger partial charge in [-0.2, -0.15) is 5.10 Å². The first kappa shape index (κ1) is 11.2.